The summed E-state index contributed by atoms with van der Waals surface area (Å²) in [5.41, 5.74) is 0. The van der Waals surface area contributed by atoms with Gasteiger partial charge in [-0.2, -0.15) is 5.10 Å². The summed E-state index contributed by atoms with van der Waals surface area (Å²) >= 11 is 0. The van der Waals surface area contributed by atoms with Crippen LogP contribution in [0, 0.1) is 0 Å². The lowest BCUT2D eigenvalue weighted by atomic mass is 10.2. The van der Waals surface area contributed by atoms with E-state index in [1.54, 1.807) is 10.9 Å². The van der Waals surface area contributed by atoms with E-state index in [-0.39, 0.29) is 12.0 Å². The summed E-state index contributed by atoms with van der Waals surface area (Å²) in [7, 11) is 0. The van der Waals surface area contributed by atoms with Crippen LogP contribution >= 0.6 is 0 Å². The van der Waals surface area contributed by atoms with E-state index in [1.165, 1.54) is 0 Å². The predicted molar refractivity (Wildman–Crippen MR) is 86.9 cm³/mol. The van der Waals surface area contributed by atoms with Crippen molar-refractivity contribution in [3.8, 4) is 5.82 Å². The van der Waals surface area contributed by atoms with Crippen LogP contribution < -0.4 is 4.90 Å². The lowest BCUT2D eigenvalue weighted by Crippen LogP contribution is -2.51. The molecule has 0 spiro atoms. The second kappa shape index (κ2) is 6.56. The van der Waals surface area contributed by atoms with Crippen molar-refractivity contribution in [1.82, 2.24) is 24.9 Å². The Balaban J connectivity index is 1.36. The van der Waals surface area contributed by atoms with E-state index in [1.807, 2.05) is 29.3 Å². The van der Waals surface area contributed by atoms with Gasteiger partial charge < -0.3 is 14.5 Å². The molecule has 0 aliphatic carbocycles. The molecule has 2 aliphatic heterocycles. The van der Waals surface area contributed by atoms with Gasteiger partial charge in [-0.25, -0.2) is 4.68 Å². The molecule has 126 valence electrons. The summed E-state index contributed by atoms with van der Waals surface area (Å²) in [5, 5.41) is 12.7. The highest BCUT2D eigenvalue weighted by atomic mass is 16.5. The van der Waals surface area contributed by atoms with Gasteiger partial charge in [-0.05, 0) is 31.0 Å². The fourth-order valence-electron chi connectivity index (χ4n) is 3.15. The summed E-state index contributed by atoms with van der Waals surface area (Å²) in [4.78, 5) is 16.4. The van der Waals surface area contributed by atoms with Gasteiger partial charge in [-0.3, -0.25) is 4.79 Å². The summed E-state index contributed by atoms with van der Waals surface area (Å²) < 4.78 is 7.17. The molecule has 2 fully saturated rings. The van der Waals surface area contributed by atoms with E-state index in [4.69, 9.17) is 4.74 Å². The maximum Gasteiger partial charge on any atom is 0.251 e. The first-order chi connectivity index (χ1) is 11.8. The molecule has 8 nitrogen and oxygen atoms in total. The number of amides is 1. The normalized spacial score (nSPS) is 21.2. The van der Waals surface area contributed by atoms with Gasteiger partial charge in [0.15, 0.2) is 11.6 Å². The molecule has 2 aliphatic rings. The molecule has 24 heavy (non-hydrogen) atoms. The highest BCUT2D eigenvalue weighted by Crippen LogP contribution is 2.18. The van der Waals surface area contributed by atoms with Crippen LogP contribution in [0.25, 0.3) is 5.82 Å². The molecule has 0 bridgehead atoms. The number of carbonyl (C=O) groups is 1. The minimum absolute atomic E-state index is 0.132. The second-order valence-corrected chi connectivity index (χ2v) is 6.01. The molecule has 2 saturated heterocycles. The molecule has 0 radical (unpaired) electrons. The maximum absolute atomic E-state index is 12.4. The first-order valence-electron chi connectivity index (χ1n) is 8.30. The van der Waals surface area contributed by atoms with E-state index in [2.05, 4.69) is 20.2 Å². The fraction of sp³-hybridized carbons (Fsp3) is 0.500. The third-order valence-electron chi connectivity index (χ3n) is 4.50. The van der Waals surface area contributed by atoms with Crippen LogP contribution in [0.3, 0.4) is 0 Å². The summed E-state index contributed by atoms with van der Waals surface area (Å²) in [5.74, 6) is 1.65. The number of hydrogen-bond acceptors (Lipinski definition) is 6. The Bertz CT molecular complexity index is 673. The monoisotopic (exact) mass is 328 g/mol. The maximum atomic E-state index is 12.4. The first kappa shape index (κ1) is 15.1. The minimum atomic E-state index is -0.232. The number of aromatic nitrogens is 4. The first-order valence-corrected chi connectivity index (χ1v) is 8.30. The number of hydrogen-bond donors (Lipinski definition) is 0. The van der Waals surface area contributed by atoms with E-state index in [0.717, 1.165) is 31.7 Å². The van der Waals surface area contributed by atoms with Crippen molar-refractivity contribution in [2.24, 2.45) is 0 Å². The van der Waals surface area contributed by atoms with Crippen LogP contribution in [-0.2, 0) is 9.53 Å². The lowest BCUT2D eigenvalue weighted by molar-refractivity contribution is -0.141. The van der Waals surface area contributed by atoms with Crippen molar-refractivity contribution in [1.29, 1.82) is 0 Å². The quantitative estimate of drug-likeness (QED) is 0.816. The summed E-state index contributed by atoms with van der Waals surface area (Å²) in [6.45, 7) is 3.61. The van der Waals surface area contributed by atoms with Gasteiger partial charge in [0.25, 0.3) is 5.91 Å². The molecular weight excluding hydrogens is 308 g/mol. The average Bonchev–Trinajstić information content (AvgIpc) is 3.35. The molecule has 2 aromatic heterocycles. The third kappa shape index (κ3) is 2.96. The zero-order valence-corrected chi connectivity index (χ0v) is 13.4. The van der Waals surface area contributed by atoms with Crippen molar-refractivity contribution in [2.45, 2.75) is 18.9 Å². The molecule has 0 unspecified atom stereocenters. The molecule has 0 N–H and O–H groups in total. The number of piperazine rings is 1. The molecule has 0 aromatic carbocycles. The molecule has 8 heteroatoms. The van der Waals surface area contributed by atoms with E-state index in [9.17, 15) is 4.79 Å². The van der Waals surface area contributed by atoms with Gasteiger partial charge >= 0.3 is 0 Å². The second-order valence-electron chi connectivity index (χ2n) is 6.01. The molecule has 4 heterocycles. The predicted octanol–water partition coefficient (Wildman–Crippen LogP) is 0.490. The standard InChI is InChI=1S/C16H20N6O2/c23-16(13-3-1-12-24-13)21-10-8-20(9-11-21)14-4-5-15(19-18-14)22-7-2-6-17-22/h2,4-7,13H,1,3,8-12H2/t13-/m1/s1. The van der Waals surface area contributed by atoms with Crippen molar-refractivity contribution in [3.05, 3.63) is 30.6 Å². The summed E-state index contributed by atoms with van der Waals surface area (Å²) in [6, 6.07) is 5.70. The topological polar surface area (TPSA) is 76.4 Å². The Kier molecular flexibility index (Phi) is 4.12. The smallest absolute Gasteiger partial charge is 0.251 e. The van der Waals surface area contributed by atoms with Gasteiger partial charge in [0, 0.05) is 45.2 Å². The van der Waals surface area contributed by atoms with Crippen molar-refractivity contribution >= 4 is 11.7 Å². The van der Waals surface area contributed by atoms with Crippen molar-refractivity contribution < 1.29 is 9.53 Å². The third-order valence-corrected chi connectivity index (χ3v) is 4.50. The number of rotatable bonds is 3. The van der Waals surface area contributed by atoms with Crippen molar-refractivity contribution in [3.63, 3.8) is 0 Å². The molecule has 2 aromatic rings. The SMILES string of the molecule is O=C([C@H]1CCCO1)N1CCN(c2ccc(-n3cccn3)nn2)CC1. The zero-order valence-electron chi connectivity index (χ0n) is 13.4. The molecule has 1 amide bonds. The fourth-order valence-corrected chi connectivity index (χ4v) is 3.15. The minimum Gasteiger partial charge on any atom is -0.368 e. The largest absolute Gasteiger partial charge is 0.368 e. The highest BCUT2D eigenvalue weighted by molar-refractivity contribution is 5.81. The Morgan fingerprint density at radius 1 is 1.12 bits per heavy atom. The molecule has 4 rings (SSSR count). The van der Waals surface area contributed by atoms with Crippen LogP contribution in [0.4, 0.5) is 5.82 Å². The van der Waals surface area contributed by atoms with Crippen LogP contribution in [0.15, 0.2) is 30.6 Å². The van der Waals surface area contributed by atoms with Crippen LogP contribution in [0.1, 0.15) is 12.8 Å². The van der Waals surface area contributed by atoms with E-state index < -0.39 is 0 Å². The molecular formula is C16H20N6O2. The number of ether oxygens (including phenoxy) is 1. The Morgan fingerprint density at radius 2 is 1.92 bits per heavy atom. The zero-order chi connectivity index (χ0) is 16.4. The Labute approximate surface area is 140 Å². The van der Waals surface area contributed by atoms with Crippen molar-refractivity contribution in [2.75, 3.05) is 37.7 Å². The van der Waals surface area contributed by atoms with Crippen LogP contribution in [0.5, 0.6) is 0 Å². The van der Waals surface area contributed by atoms with Gasteiger partial charge in [0.2, 0.25) is 0 Å². The molecule has 1 atom stereocenters. The number of nitrogens with zero attached hydrogens (tertiary/aromatic N) is 6. The van der Waals surface area contributed by atoms with E-state index >= 15 is 0 Å². The highest BCUT2D eigenvalue weighted by Gasteiger charge is 2.30. The van der Waals surface area contributed by atoms with Crippen LogP contribution in [0.2, 0.25) is 0 Å². The molecule has 0 saturated carbocycles. The Morgan fingerprint density at radius 3 is 2.54 bits per heavy atom. The van der Waals surface area contributed by atoms with Gasteiger partial charge in [0.1, 0.15) is 6.10 Å². The van der Waals surface area contributed by atoms with Gasteiger partial charge in [-0.15, -0.1) is 10.2 Å². The van der Waals surface area contributed by atoms with Gasteiger partial charge in [0.05, 0.1) is 0 Å². The van der Waals surface area contributed by atoms with Crippen LogP contribution in [-0.4, -0.2) is 69.7 Å². The Hall–Kier alpha value is -2.48. The summed E-state index contributed by atoms with van der Waals surface area (Å²) in [6.07, 6.45) is 5.14. The lowest BCUT2D eigenvalue weighted by Gasteiger charge is -2.36. The number of carbonyl (C=O) groups excluding carboxylic acids is 1. The average molecular weight is 328 g/mol. The van der Waals surface area contributed by atoms with Gasteiger partial charge in [-0.1, -0.05) is 0 Å². The number of anilines is 1. The van der Waals surface area contributed by atoms with E-state index in [0.29, 0.717) is 25.5 Å².